The van der Waals surface area contributed by atoms with Crippen molar-refractivity contribution in [1.82, 2.24) is 0 Å². The van der Waals surface area contributed by atoms with E-state index in [2.05, 4.69) is 6.58 Å². The molecule has 0 unspecified atom stereocenters. The van der Waals surface area contributed by atoms with Crippen LogP contribution in [0, 0.1) is 0 Å². The molecule has 1 aliphatic rings. The van der Waals surface area contributed by atoms with Gasteiger partial charge in [0.05, 0.1) is 18.1 Å². The van der Waals surface area contributed by atoms with Crippen molar-refractivity contribution in [3.63, 3.8) is 0 Å². The topological polar surface area (TPSA) is 12.5 Å². The van der Waals surface area contributed by atoms with Crippen LogP contribution in [0.1, 0.15) is 13.3 Å². The zero-order valence-electron chi connectivity index (χ0n) is 5.56. The van der Waals surface area contributed by atoms with E-state index in [0.717, 1.165) is 6.42 Å². The van der Waals surface area contributed by atoms with E-state index in [1.807, 2.05) is 6.92 Å². The average molecular weight is 147 g/mol. The first-order valence-electron chi connectivity index (χ1n) is 3.10. The van der Waals surface area contributed by atoms with Crippen LogP contribution in [0.5, 0.6) is 0 Å². The minimum atomic E-state index is 0.309. The van der Waals surface area contributed by atoms with Crippen molar-refractivity contribution < 1.29 is 4.74 Å². The van der Waals surface area contributed by atoms with E-state index in [1.54, 1.807) is 0 Å². The Morgan fingerprint density at radius 2 is 2.33 bits per heavy atom. The van der Waals surface area contributed by atoms with Gasteiger partial charge in [0.25, 0.3) is 0 Å². The quantitative estimate of drug-likeness (QED) is 0.337. The van der Waals surface area contributed by atoms with E-state index in [4.69, 9.17) is 16.3 Å². The standard InChI is InChI=1S/C7H11ClO/c1-5(2)3-6-7(4-8)9-6/h6-7H,1,3-4H2,2H3/t6-,7+/m1/s1. The van der Waals surface area contributed by atoms with Gasteiger partial charge in [-0.05, 0) is 13.3 Å². The van der Waals surface area contributed by atoms with E-state index in [0.29, 0.717) is 18.1 Å². The maximum Gasteiger partial charge on any atom is 0.0980 e. The molecular weight excluding hydrogens is 136 g/mol. The SMILES string of the molecule is C=C(C)C[C@H]1O[C@H]1CCl. The predicted molar refractivity (Wildman–Crippen MR) is 38.8 cm³/mol. The second kappa shape index (κ2) is 2.72. The van der Waals surface area contributed by atoms with Gasteiger partial charge in [0, 0.05) is 0 Å². The number of halogens is 1. The predicted octanol–water partition coefficient (Wildman–Crippen LogP) is 1.96. The first kappa shape index (κ1) is 7.10. The number of rotatable bonds is 3. The van der Waals surface area contributed by atoms with Gasteiger partial charge in [-0.3, -0.25) is 0 Å². The fourth-order valence-electron chi connectivity index (χ4n) is 0.838. The summed E-state index contributed by atoms with van der Waals surface area (Å²) in [5.74, 6) is 0.623. The molecule has 52 valence electrons. The summed E-state index contributed by atoms with van der Waals surface area (Å²) in [6, 6.07) is 0. The Kier molecular flexibility index (Phi) is 2.14. The highest BCUT2D eigenvalue weighted by atomic mass is 35.5. The van der Waals surface area contributed by atoms with Crippen LogP contribution in [-0.2, 0) is 4.74 Å². The van der Waals surface area contributed by atoms with Gasteiger partial charge in [0.1, 0.15) is 0 Å². The Hall–Kier alpha value is -0.0100. The summed E-state index contributed by atoms with van der Waals surface area (Å²) in [5, 5.41) is 0. The van der Waals surface area contributed by atoms with Gasteiger partial charge < -0.3 is 4.74 Å². The molecule has 0 aromatic carbocycles. The molecule has 9 heavy (non-hydrogen) atoms. The van der Waals surface area contributed by atoms with Crippen LogP contribution in [0.2, 0.25) is 0 Å². The Morgan fingerprint density at radius 3 is 2.67 bits per heavy atom. The number of hydrogen-bond donors (Lipinski definition) is 0. The van der Waals surface area contributed by atoms with Crippen molar-refractivity contribution in [2.24, 2.45) is 0 Å². The van der Waals surface area contributed by atoms with E-state index < -0.39 is 0 Å². The first-order valence-corrected chi connectivity index (χ1v) is 3.63. The third kappa shape index (κ3) is 1.99. The average Bonchev–Trinajstić information content (AvgIpc) is 2.45. The van der Waals surface area contributed by atoms with E-state index in [1.165, 1.54) is 5.57 Å². The van der Waals surface area contributed by atoms with Crippen LogP contribution < -0.4 is 0 Å². The lowest BCUT2D eigenvalue weighted by Crippen LogP contribution is -1.94. The van der Waals surface area contributed by atoms with Crippen LogP contribution >= 0.6 is 11.6 Å². The molecule has 1 aliphatic heterocycles. The molecule has 2 atom stereocenters. The highest BCUT2D eigenvalue weighted by Gasteiger charge is 2.37. The van der Waals surface area contributed by atoms with Crippen molar-refractivity contribution in [3.8, 4) is 0 Å². The second-order valence-corrected chi connectivity index (χ2v) is 2.84. The molecule has 0 saturated carbocycles. The molecular formula is C7H11ClO. The van der Waals surface area contributed by atoms with Crippen LogP contribution in [0.15, 0.2) is 12.2 Å². The van der Waals surface area contributed by atoms with Gasteiger partial charge in [-0.1, -0.05) is 5.57 Å². The Labute approximate surface area is 60.7 Å². The lowest BCUT2D eigenvalue weighted by molar-refractivity contribution is 0.379. The molecule has 1 rings (SSSR count). The van der Waals surface area contributed by atoms with Crippen molar-refractivity contribution in [3.05, 3.63) is 12.2 Å². The van der Waals surface area contributed by atoms with E-state index >= 15 is 0 Å². The third-order valence-corrected chi connectivity index (χ3v) is 1.69. The molecule has 0 amide bonds. The van der Waals surface area contributed by atoms with Crippen molar-refractivity contribution in [1.29, 1.82) is 0 Å². The number of epoxide rings is 1. The molecule has 0 radical (unpaired) electrons. The molecule has 1 fully saturated rings. The summed E-state index contributed by atoms with van der Waals surface area (Å²) >= 11 is 5.52. The van der Waals surface area contributed by atoms with E-state index in [9.17, 15) is 0 Å². The summed E-state index contributed by atoms with van der Waals surface area (Å²) in [5.41, 5.74) is 1.17. The Balaban J connectivity index is 2.12. The summed E-state index contributed by atoms with van der Waals surface area (Å²) < 4.78 is 5.18. The highest BCUT2D eigenvalue weighted by molar-refractivity contribution is 6.18. The van der Waals surface area contributed by atoms with E-state index in [-0.39, 0.29) is 0 Å². The first-order chi connectivity index (χ1) is 4.24. The molecule has 0 aliphatic carbocycles. The van der Waals surface area contributed by atoms with Crippen LogP contribution in [0.4, 0.5) is 0 Å². The molecule has 1 saturated heterocycles. The smallest absolute Gasteiger partial charge is 0.0980 e. The summed E-state index contributed by atoms with van der Waals surface area (Å²) in [6.07, 6.45) is 1.65. The lowest BCUT2D eigenvalue weighted by Gasteiger charge is -1.89. The second-order valence-electron chi connectivity index (χ2n) is 2.53. The Bertz CT molecular complexity index is 122. The molecule has 1 heterocycles. The fraction of sp³-hybridized carbons (Fsp3) is 0.714. The maximum atomic E-state index is 5.52. The molecule has 2 heteroatoms. The van der Waals surface area contributed by atoms with Crippen LogP contribution in [0.25, 0.3) is 0 Å². The van der Waals surface area contributed by atoms with Crippen molar-refractivity contribution in [2.45, 2.75) is 25.6 Å². The molecule has 1 nitrogen and oxygen atoms in total. The van der Waals surface area contributed by atoms with Crippen LogP contribution in [0.3, 0.4) is 0 Å². The maximum absolute atomic E-state index is 5.52. The van der Waals surface area contributed by atoms with Gasteiger partial charge in [0.15, 0.2) is 0 Å². The summed E-state index contributed by atoms with van der Waals surface area (Å²) in [6.45, 7) is 5.79. The number of alkyl halides is 1. The minimum Gasteiger partial charge on any atom is -0.368 e. The monoisotopic (exact) mass is 146 g/mol. The molecule has 0 N–H and O–H groups in total. The third-order valence-electron chi connectivity index (χ3n) is 1.39. The van der Waals surface area contributed by atoms with Gasteiger partial charge in [-0.2, -0.15) is 0 Å². The van der Waals surface area contributed by atoms with Crippen molar-refractivity contribution in [2.75, 3.05) is 5.88 Å². The largest absolute Gasteiger partial charge is 0.368 e. The minimum absolute atomic E-state index is 0.309. The van der Waals surface area contributed by atoms with Gasteiger partial charge >= 0.3 is 0 Å². The van der Waals surface area contributed by atoms with Gasteiger partial charge in [-0.15, -0.1) is 18.2 Å². The fourth-order valence-corrected chi connectivity index (χ4v) is 1.11. The zero-order valence-corrected chi connectivity index (χ0v) is 6.32. The molecule has 0 aromatic rings. The summed E-state index contributed by atoms with van der Waals surface area (Å²) in [4.78, 5) is 0. The number of ether oxygens (including phenoxy) is 1. The molecule has 0 aromatic heterocycles. The number of hydrogen-bond acceptors (Lipinski definition) is 1. The van der Waals surface area contributed by atoms with Gasteiger partial charge in [-0.25, -0.2) is 0 Å². The highest BCUT2D eigenvalue weighted by Crippen LogP contribution is 2.28. The van der Waals surface area contributed by atoms with Gasteiger partial charge in [0.2, 0.25) is 0 Å². The lowest BCUT2D eigenvalue weighted by atomic mass is 10.1. The van der Waals surface area contributed by atoms with Crippen LogP contribution in [-0.4, -0.2) is 18.1 Å². The summed E-state index contributed by atoms with van der Waals surface area (Å²) in [7, 11) is 0. The molecule has 0 spiro atoms. The normalized spacial score (nSPS) is 32.2. The Morgan fingerprint density at radius 1 is 1.67 bits per heavy atom. The molecule has 0 bridgehead atoms. The zero-order chi connectivity index (χ0) is 6.85. The van der Waals surface area contributed by atoms with Crippen molar-refractivity contribution >= 4 is 11.6 Å².